The molecule has 0 aliphatic heterocycles. The average Bonchev–Trinajstić information content (AvgIpc) is 3.40. The molecule has 0 bridgehead atoms. The van der Waals surface area contributed by atoms with Gasteiger partial charge in [-0.2, -0.15) is 5.10 Å². The summed E-state index contributed by atoms with van der Waals surface area (Å²) in [6.45, 7) is 3.31. The van der Waals surface area contributed by atoms with Crippen molar-refractivity contribution in [3.05, 3.63) is 58.3 Å². The number of para-hydroxylation sites is 1. The van der Waals surface area contributed by atoms with Gasteiger partial charge in [0.05, 0.1) is 39.9 Å². The van der Waals surface area contributed by atoms with Crippen LogP contribution in [0.4, 0.5) is 0 Å². The Morgan fingerprint density at radius 3 is 2.89 bits per heavy atom. The summed E-state index contributed by atoms with van der Waals surface area (Å²) in [5.74, 6) is -0.369. The van der Waals surface area contributed by atoms with Gasteiger partial charge in [0.15, 0.2) is 0 Å². The molecule has 1 aromatic carbocycles. The number of ether oxygens (including phenoxy) is 1. The molecule has 144 valence electrons. The van der Waals surface area contributed by atoms with E-state index in [4.69, 9.17) is 4.74 Å². The van der Waals surface area contributed by atoms with Crippen LogP contribution in [0.3, 0.4) is 0 Å². The maximum absolute atomic E-state index is 12.5. The number of carbonyl (C=O) groups excluding carboxylic acids is 1. The number of rotatable bonds is 7. The lowest BCUT2D eigenvalue weighted by atomic mass is 10.2. The Balaban J connectivity index is 1.70. The van der Waals surface area contributed by atoms with E-state index in [0.29, 0.717) is 25.3 Å². The van der Waals surface area contributed by atoms with Crippen LogP contribution in [0.25, 0.3) is 15.3 Å². The molecular weight excluding hydrogens is 394 g/mol. The van der Waals surface area contributed by atoms with Gasteiger partial charge in [-0.1, -0.05) is 23.5 Å². The third kappa shape index (κ3) is 3.82. The average molecular weight is 414 g/mol. The number of thiazole rings is 2. The number of hydrogen-bond acceptors (Lipinski definition) is 8. The fourth-order valence-corrected chi connectivity index (χ4v) is 4.42. The van der Waals surface area contributed by atoms with Crippen molar-refractivity contribution in [3.8, 4) is 5.13 Å². The first-order valence-corrected chi connectivity index (χ1v) is 10.6. The molecule has 0 fully saturated rings. The Labute approximate surface area is 170 Å². The first-order chi connectivity index (χ1) is 13.7. The molecule has 0 unspecified atom stereocenters. The molecule has 9 heteroatoms. The Hall–Kier alpha value is -2.62. The van der Waals surface area contributed by atoms with Gasteiger partial charge in [0, 0.05) is 18.5 Å². The van der Waals surface area contributed by atoms with Crippen LogP contribution >= 0.6 is 22.7 Å². The normalized spacial score (nSPS) is 11.4. The molecule has 28 heavy (non-hydrogen) atoms. The van der Waals surface area contributed by atoms with Crippen LogP contribution in [-0.2, 0) is 17.8 Å². The lowest BCUT2D eigenvalue weighted by molar-refractivity contribution is 0.0524. The number of benzene rings is 1. The van der Waals surface area contributed by atoms with Gasteiger partial charge in [-0.15, -0.1) is 11.3 Å². The number of fused-ring (bicyclic) bond motifs is 1. The van der Waals surface area contributed by atoms with Gasteiger partial charge >= 0.3 is 5.97 Å². The van der Waals surface area contributed by atoms with Crippen molar-refractivity contribution in [3.63, 3.8) is 0 Å². The zero-order valence-corrected chi connectivity index (χ0v) is 17.2. The Kier molecular flexibility index (Phi) is 5.47. The molecule has 4 aromatic rings. The molecule has 0 aliphatic rings. The van der Waals surface area contributed by atoms with Crippen LogP contribution < -0.4 is 0 Å². The highest BCUT2D eigenvalue weighted by molar-refractivity contribution is 7.20. The van der Waals surface area contributed by atoms with Gasteiger partial charge in [-0.05, 0) is 26.1 Å². The van der Waals surface area contributed by atoms with E-state index in [0.717, 1.165) is 26.7 Å². The predicted molar refractivity (Wildman–Crippen MR) is 110 cm³/mol. The lowest BCUT2D eigenvalue weighted by Gasteiger charge is -2.16. The van der Waals surface area contributed by atoms with Crippen molar-refractivity contribution in [1.29, 1.82) is 0 Å². The Morgan fingerprint density at radius 1 is 1.29 bits per heavy atom. The second-order valence-electron chi connectivity index (χ2n) is 6.25. The van der Waals surface area contributed by atoms with Crippen LogP contribution in [-0.4, -0.2) is 44.3 Å². The number of aromatic nitrogens is 4. The first kappa shape index (κ1) is 18.7. The summed E-state index contributed by atoms with van der Waals surface area (Å²) in [6, 6.07) is 7.95. The molecule has 0 saturated carbocycles. The quantitative estimate of drug-likeness (QED) is 0.430. The van der Waals surface area contributed by atoms with Crippen molar-refractivity contribution < 1.29 is 9.53 Å². The molecular formula is C19H19N5O2S2. The van der Waals surface area contributed by atoms with Gasteiger partial charge in [0.1, 0.15) is 5.56 Å². The summed E-state index contributed by atoms with van der Waals surface area (Å²) in [7, 11) is 1.99. The van der Waals surface area contributed by atoms with E-state index in [9.17, 15) is 4.79 Å². The fraction of sp³-hybridized carbons (Fsp3) is 0.263. The molecule has 0 atom stereocenters. The first-order valence-electron chi connectivity index (χ1n) is 8.81. The summed E-state index contributed by atoms with van der Waals surface area (Å²) in [5.41, 5.74) is 4.95. The van der Waals surface area contributed by atoms with Gasteiger partial charge < -0.3 is 4.74 Å². The zero-order chi connectivity index (χ0) is 19.5. The minimum atomic E-state index is -0.369. The molecule has 0 amide bonds. The van der Waals surface area contributed by atoms with Crippen molar-refractivity contribution in [2.24, 2.45) is 0 Å². The molecule has 4 rings (SSSR count). The van der Waals surface area contributed by atoms with Crippen molar-refractivity contribution >= 4 is 38.9 Å². The minimum Gasteiger partial charge on any atom is -0.462 e. The highest BCUT2D eigenvalue weighted by Gasteiger charge is 2.22. The zero-order valence-electron chi connectivity index (χ0n) is 15.5. The van der Waals surface area contributed by atoms with E-state index in [1.165, 1.54) is 0 Å². The molecule has 0 radical (unpaired) electrons. The van der Waals surface area contributed by atoms with Gasteiger partial charge in [0.25, 0.3) is 0 Å². The largest absolute Gasteiger partial charge is 0.462 e. The van der Waals surface area contributed by atoms with Gasteiger partial charge in [-0.3, -0.25) is 4.90 Å². The van der Waals surface area contributed by atoms with Crippen molar-refractivity contribution in [2.45, 2.75) is 20.0 Å². The monoisotopic (exact) mass is 413 g/mol. The fourth-order valence-electron chi connectivity index (χ4n) is 2.92. The second kappa shape index (κ2) is 8.17. The Morgan fingerprint density at radius 2 is 2.14 bits per heavy atom. The topological polar surface area (TPSA) is 73.1 Å². The predicted octanol–water partition coefficient (Wildman–Crippen LogP) is 3.75. The van der Waals surface area contributed by atoms with Crippen LogP contribution in [0.1, 0.15) is 28.7 Å². The molecule has 0 saturated heterocycles. The Bertz CT molecular complexity index is 1050. The highest BCUT2D eigenvalue weighted by atomic mass is 32.1. The lowest BCUT2D eigenvalue weighted by Crippen LogP contribution is -2.21. The smallest absolute Gasteiger partial charge is 0.341 e. The van der Waals surface area contributed by atoms with Crippen LogP contribution in [0, 0.1) is 0 Å². The van der Waals surface area contributed by atoms with E-state index in [-0.39, 0.29) is 5.97 Å². The standard InChI is InChI=1S/C19H19N5O2S2/c1-3-26-18(25)14-8-21-24(19-22-15-6-4-5-7-17(15)28-19)16(14)10-23(2)9-13-11-27-12-20-13/h4-8,11-12H,3,9-10H2,1-2H3. The number of hydrogen-bond donors (Lipinski definition) is 0. The van der Waals surface area contributed by atoms with Gasteiger partial charge in [0.2, 0.25) is 5.13 Å². The summed E-state index contributed by atoms with van der Waals surface area (Å²) >= 11 is 3.11. The molecule has 3 heterocycles. The van der Waals surface area contributed by atoms with E-state index < -0.39 is 0 Å². The third-order valence-electron chi connectivity index (χ3n) is 4.16. The summed E-state index contributed by atoms with van der Waals surface area (Å²) in [4.78, 5) is 23.6. The van der Waals surface area contributed by atoms with E-state index in [1.807, 2.05) is 42.2 Å². The van der Waals surface area contributed by atoms with Crippen LogP contribution in [0.15, 0.2) is 41.4 Å². The maximum atomic E-state index is 12.5. The molecule has 7 nitrogen and oxygen atoms in total. The maximum Gasteiger partial charge on any atom is 0.341 e. The number of nitrogens with zero attached hydrogens (tertiary/aromatic N) is 5. The van der Waals surface area contributed by atoms with Crippen molar-refractivity contribution in [2.75, 3.05) is 13.7 Å². The van der Waals surface area contributed by atoms with Crippen LogP contribution in [0.2, 0.25) is 0 Å². The molecule has 0 N–H and O–H groups in total. The van der Waals surface area contributed by atoms with E-state index in [1.54, 1.807) is 40.5 Å². The third-order valence-corrected chi connectivity index (χ3v) is 5.81. The van der Waals surface area contributed by atoms with Crippen molar-refractivity contribution in [1.82, 2.24) is 24.6 Å². The SMILES string of the molecule is CCOC(=O)c1cnn(-c2nc3ccccc3s2)c1CN(C)Cc1cscn1. The second-order valence-corrected chi connectivity index (χ2v) is 7.98. The summed E-state index contributed by atoms with van der Waals surface area (Å²) in [6.07, 6.45) is 1.57. The molecule has 0 spiro atoms. The summed E-state index contributed by atoms with van der Waals surface area (Å²) < 4.78 is 8.05. The number of carbonyl (C=O) groups is 1. The summed E-state index contributed by atoms with van der Waals surface area (Å²) in [5, 5.41) is 7.21. The number of esters is 1. The van der Waals surface area contributed by atoms with E-state index >= 15 is 0 Å². The van der Waals surface area contributed by atoms with Crippen LogP contribution in [0.5, 0.6) is 0 Å². The van der Waals surface area contributed by atoms with E-state index in [2.05, 4.69) is 20.0 Å². The van der Waals surface area contributed by atoms with Gasteiger partial charge in [-0.25, -0.2) is 19.4 Å². The highest BCUT2D eigenvalue weighted by Crippen LogP contribution is 2.27. The molecule has 3 aromatic heterocycles. The minimum absolute atomic E-state index is 0.319. The molecule has 0 aliphatic carbocycles.